The second-order valence-electron chi connectivity index (χ2n) is 4.53. The van der Waals surface area contributed by atoms with Gasteiger partial charge in [0, 0.05) is 22.2 Å². The molecular weight excluding hydrogens is 325 g/mol. The highest BCUT2D eigenvalue weighted by molar-refractivity contribution is 8.13. The van der Waals surface area contributed by atoms with Crippen LogP contribution in [-0.4, -0.2) is 28.0 Å². The van der Waals surface area contributed by atoms with Crippen molar-refractivity contribution in [3.8, 4) is 5.75 Å². The maximum absolute atomic E-state index is 12.1. The van der Waals surface area contributed by atoms with Crippen LogP contribution in [0.3, 0.4) is 0 Å². The van der Waals surface area contributed by atoms with Gasteiger partial charge in [0.1, 0.15) is 4.90 Å². The molecule has 112 valence electrons. The molecule has 0 atom stereocenters. The normalized spacial score (nSPS) is 11.5. The van der Waals surface area contributed by atoms with Gasteiger partial charge in [-0.1, -0.05) is 25.4 Å². The van der Waals surface area contributed by atoms with Crippen molar-refractivity contribution in [2.24, 2.45) is 5.92 Å². The van der Waals surface area contributed by atoms with Gasteiger partial charge in [-0.25, -0.2) is 8.42 Å². The molecule has 0 aliphatic carbocycles. The smallest absolute Gasteiger partial charge is 0.265 e. The van der Waals surface area contributed by atoms with E-state index in [1.165, 1.54) is 13.2 Å². The van der Waals surface area contributed by atoms with Crippen LogP contribution in [-0.2, 0) is 9.05 Å². The number of carbonyl (C=O) groups is 1. The topological polar surface area (TPSA) is 72.5 Å². The molecule has 5 nitrogen and oxygen atoms in total. The summed E-state index contributed by atoms with van der Waals surface area (Å²) in [4.78, 5) is 11.7. The molecule has 20 heavy (non-hydrogen) atoms. The summed E-state index contributed by atoms with van der Waals surface area (Å²) in [6, 6.07) is 2.48. The van der Waals surface area contributed by atoms with Gasteiger partial charge in [-0.15, -0.1) is 0 Å². The molecule has 1 aromatic carbocycles. The molecule has 0 bridgehead atoms. The van der Waals surface area contributed by atoms with Crippen molar-refractivity contribution in [1.82, 2.24) is 5.32 Å². The van der Waals surface area contributed by atoms with Crippen molar-refractivity contribution in [2.75, 3.05) is 13.7 Å². The standard InChI is InChI=1S/C12H15Cl2NO4S/c1-7(2)6-15-12(16)9-4-8(13)5-10(11(9)19-3)20(14,17)18/h4-5,7H,6H2,1-3H3,(H,15,16). The number of halogens is 2. The van der Waals surface area contributed by atoms with Crippen LogP contribution in [0.5, 0.6) is 5.75 Å². The third kappa shape index (κ3) is 4.26. The maximum Gasteiger partial charge on any atom is 0.265 e. The summed E-state index contributed by atoms with van der Waals surface area (Å²) in [5, 5.41) is 2.75. The first-order valence-electron chi connectivity index (χ1n) is 5.77. The lowest BCUT2D eigenvalue weighted by Crippen LogP contribution is -2.28. The molecule has 0 saturated heterocycles. The molecule has 0 heterocycles. The fourth-order valence-corrected chi connectivity index (χ4v) is 2.83. The highest BCUT2D eigenvalue weighted by Gasteiger charge is 2.24. The van der Waals surface area contributed by atoms with Crippen LogP contribution in [0.1, 0.15) is 24.2 Å². The first-order chi connectivity index (χ1) is 9.16. The van der Waals surface area contributed by atoms with Gasteiger partial charge in [-0.05, 0) is 18.1 Å². The van der Waals surface area contributed by atoms with Crippen molar-refractivity contribution < 1.29 is 17.9 Å². The van der Waals surface area contributed by atoms with Crippen molar-refractivity contribution in [3.05, 3.63) is 22.7 Å². The van der Waals surface area contributed by atoms with Crippen LogP contribution >= 0.6 is 22.3 Å². The van der Waals surface area contributed by atoms with Crippen LogP contribution in [0.25, 0.3) is 0 Å². The largest absolute Gasteiger partial charge is 0.494 e. The molecule has 0 unspecified atom stereocenters. The Morgan fingerprint density at radius 3 is 2.45 bits per heavy atom. The van der Waals surface area contributed by atoms with E-state index in [1.54, 1.807) is 0 Å². The summed E-state index contributed by atoms with van der Waals surface area (Å²) < 4.78 is 28.0. The average Bonchev–Trinajstić information content (AvgIpc) is 2.33. The monoisotopic (exact) mass is 339 g/mol. The molecule has 0 radical (unpaired) electrons. The molecular formula is C12H15Cl2NO4S. The number of hydrogen-bond acceptors (Lipinski definition) is 4. The maximum atomic E-state index is 12.1. The predicted molar refractivity (Wildman–Crippen MR) is 78.2 cm³/mol. The lowest BCUT2D eigenvalue weighted by molar-refractivity contribution is 0.0945. The molecule has 1 N–H and O–H groups in total. The summed E-state index contributed by atoms with van der Waals surface area (Å²) in [6.45, 7) is 4.31. The molecule has 8 heteroatoms. The number of benzene rings is 1. The third-order valence-electron chi connectivity index (χ3n) is 2.40. The Bertz CT molecular complexity index is 614. The molecule has 1 aromatic rings. The zero-order valence-electron chi connectivity index (χ0n) is 11.2. The number of carbonyl (C=O) groups excluding carboxylic acids is 1. The van der Waals surface area contributed by atoms with Crippen molar-refractivity contribution in [1.29, 1.82) is 0 Å². The lowest BCUT2D eigenvalue weighted by Gasteiger charge is -2.13. The fourth-order valence-electron chi connectivity index (χ4n) is 1.52. The van der Waals surface area contributed by atoms with Gasteiger partial charge in [0.25, 0.3) is 15.0 Å². The van der Waals surface area contributed by atoms with Crippen LogP contribution in [0.4, 0.5) is 0 Å². The Morgan fingerprint density at radius 2 is 2.00 bits per heavy atom. The number of nitrogens with one attached hydrogen (secondary N) is 1. The number of amides is 1. The Balaban J connectivity index is 3.33. The fraction of sp³-hybridized carbons (Fsp3) is 0.417. The summed E-state index contributed by atoms with van der Waals surface area (Å²) in [6.07, 6.45) is 0. The quantitative estimate of drug-likeness (QED) is 0.837. The number of methoxy groups -OCH3 is 1. The average molecular weight is 340 g/mol. The molecule has 0 fully saturated rings. The van der Waals surface area contributed by atoms with E-state index in [0.717, 1.165) is 6.07 Å². The summed E-state index contributed by atoms with van der Waals surface area (Å²) in [5.41, 5.74) is 0.0277. The highest BCUT2D eigenvalue weighted by Crippen LogP contribution is 2.33. The minimum Gasteiger partial charge on any atom is -0.494 e. The van der Waals surface area contributed by atoms with Crippen molar-refractivity contribution in [2.45, 2.75) is 18.7 Å². The van der Waals surface area contributed by atoms with E-state index in [0.29, 0.717) is 6.54 Å². The van der Waals surface area contributed by atoms with Crippen LogP contribution in [0.2, 0.25) is 5.02 Å². The molecule has 1 rings (SSSR count). The van der Waals surface area contributed by atoms with Gasteiger partial charge in [0.15, 0.2) is 5.75 Å². The Labute approximate surface area is 127 Å². The van der Waals surface area contributed by atoms with Gasteiger partial charge in [0.05, 0.1) is 12.7 Å². The zero-order valence-corrected chi connectivity index (χ0v) is 13.6. The first kappa shape index (κ1) is 17.1. The molecule has 0 aromatic heterocycles. The molecule has 0 saturated carbocycles. The molecule has 1 amide bonds. The Morgan fingerprint density at radius 1 is 1.40 bits per heavy atom. The third-order valence-corrected chi connectivity index (χ3v) is 3.95. The SMILES string of the molecule is COc1c(C(=O)NCC(C)C)cc(Cl)cc1S(=O)(=O)Cl. The zero-order chi connectivity index (χ0) is 15.5. The van der Waals surface area contributed by atoms with E-state index in [4.69, 9.17) is 27.0 Å². The van der Waals surface area contributed by atoms with E-state index < -0.39 is 15.0 Å². The van der Waals surface area contributed by atoms with Crippen molar-refractivity contribution in [3.63, 3.8) is 0 Å². The van der Waals surface area contributed by atoms with Gasteiger partial charge < -0.3 is 10.1 Å². The Kier molecular flexibility index (Phi) is 5.68. The minimum atomic E-state index is -4.07. The predicted octanol–water partition coefficient (Wildman–Crippen LogP) is 2.66. The number of hydrogen-bond donors (Lipinski definition) is 1. The van der Waals surface area contributed by atoms with Gasteiger partial charge in [0.2, 0.25) is 0 Å². The van der Waals surface area contributed by atoms with Crippen LogP contribution < -0.4 is 10.1 Å². The van der Waals surface area contributed by atoms with E-state index in [2.05, 4.69) is 5.32 Å². The van der Waals surface area contributed by atoms with E-state index in [1.807, 2.05) is 13.8 Å². The minimum absolute atomic E-state index is 0.0277. The van der Waals surface area contributed by atoms with E-state index >= 15 is 0 Å². The second-order valence-corrected chi connectivity index (χ2v) is 7.50. The van der Waals surface area contributed by atoms with Gasteiger partial charge in [-0.2, -0.15) is 0 Å². The number of ether oxygens (including phenoxy) is 1. The lowest BCUT2D eigenvalue weighted by atomic mass is 10.1. The van der Waals surface area contributed by atoms with E-state index in [-0.39, 0.29) is 27.1 Å². The summed E-state index contributed by atoms with van der Waals surface area (Å²) in [5.74, 6) is -0.342. The number of rotatable bonds is 5. The molecule has 0 aliphatic rings. The van der Waals surface area contributed by atoms with E-state index in [9.17, 15) is 13.2 Å². The van der Waals surface area contributed by atoms with Crippen LogP contribution in [0, 0.1) is 5.92 Å². The highest BCUT2D eigenvalue weighted by atomic mass is 35.7. The first-order valence-corrected chi connectivity index (χ1v) is 8.46. The van der Waals surface area contributed by atoms with Gasteiger partial charge in [-0.3, -0.25) is 4.79 Å². The molecule has 0 spiro atoms. The Hall–Kier alpha value is -0.980. The molecule has 0 aliphatic heterocycles. The van der Waals surface area contributed by atoms with Crippen molar-refractivity contribution >= 4 is 37.2 Å². The summed E-state index contributed by atoms with van der Waals surface area (Å²) >= 11 is 5.83. The van der Waals surface area contributed by atoms with Crippen LogP contribution in [0.15, 0.2) is 17.0 Å². The summed E-state index contributed by atoms with van der Waals surface area (Å²) in [7, 11) is 2.51. The second kappa shape index (κ2) is 6.65. The van der Waals surface area contributed by atoms with Gasteiger partial charge >= 0.3 is 0 Å².